The van der Waals surface area contributed by atoms with Crippen molar-refractivity contribution in [3.05, 3.63) is 70.7 Å². The number of hydrogen-bond donors (Lipinski definition) is 1. The molecule has 0 spiro atoms. The lowest BCUT2D eigenvalue weighted by Crippen LogP contribution is -2.26. The molecule has 3 nitrogen and oxygen atoms in total. The van der Waals surface area contributed by atoms with E-state index in [4.69, 9.17) is 5.11 Å². The number of hydrogen-bond acceptors (Lipinski definition) is 1. The summed E-state index contributed by atoms with van der Waals surface area (Å²) >= 11 is 3.31. The van der Waals surface area contributed by atoms with Crippen LogP contribution in [0.15, 0.2) is 65.1 Å². The first-order valence-corrected chi connectivity index (χ1v) is 7.69. The Bertz CT molecular complexity index is 560. The molecule has 1 saturated heterocycles. The van der Waals surface area contributed by atoms with Gasteiger partial charge in [-0.1, -0.05) is 64.5 Å². The van der Waals surface area contributed by atoms with Crippen molar-refractivity contribution in [1.29, 1.82) is 0 Å². The molecule has 110 valence electrons. The van der Waals surface area contributed by atoms with Gasteiger partial charge in [0.05, 0.1) is 0 Å². The fourth-order valence-corrected chi connectivity index (χ4v) is 2.65. The topological polar surface area (TPSA) is 40.5 Å². The van der Waals surface area contributed by atoms with Gasteiger partial charge in [0.1, 0.15) is 0 Å². The summed E-state index contributed by atoms with van der Waals surface area (Å²) in [7, 11) is 0. The summed E-state index contributed by atoms with van der Waals surface area (Å²) in [6, 6.07) is 20.1. The Morgan fingerprint density at radius 3 is 2.05 bits per heavy atom. The second kappa shape index (κ2) is 7.84. The molecule has 2 aromatic rings. The minimum atomic E-state index is -0.802. The average molecular weight is 348 g/mol. The highest BCUT2D eigenvalue weighted by Crippen LogP contribution is 2.26. The van der Waals surface area contributed by atoms with Gasteiger partial charge < -0.3 is 10.0 Å². The zero-order chi connectivity index (χ0) is 15.1. The molecule has 4 heteroatoms. The highest BCUT2D eigenvalue weighted by molar-refractivity contribution is 9.10. The van der Waals surface area contributed by atoms with Crippen LogP contribution in [-0.2, 0) is 0 Å². The number of rotatable bonds is 1. The van der Waals surface area contributed by atoms with Crippen molar-refractivity contribution in [2.24, 2.45) is 0 Å². The third-order valence-corrected chi connectivity index (χ3v) is 3.99. The van der Waals surface area contributed by atoms with Gasteiger partial charge in [0.15, 0.2) is 0 Å². The number of likely N-dealkylation sites (tertiary alicyclic amines) is 1. The molecule has 0 bridgehead atoms. The van der Waals surface area contributed by atoms with Crippen molar-refractivity contribution in [3.63, 3.8) is 0 Å². The maximum Gasteiger partial charge on any atom is 0.407 e. The summed E-state index contributed by atoms with van der Waals surface area (Å²) < 4.78 is 1.13. The molecule has 0 aromatic heterocycles. The third kappa shape index (κ3) is 4.90. The molecule has 2 aromatic carbocycles. The van der Waals surface area contributed by atoms with Crippen molar-refractivity contribution in [1.82, 2.24) is 4.90 Å². The van der Waals surface area contributed by atoms with E-state index in [9.17, 15) is 4.79 Å². The van der Waals surface area contributed by atoms with Crippen LogP contribution in [0.25, 0.3) is 0 Å². The van der Waals surface area contributed by atoms with E-state index >= 15 is 0 Å². The lowest BCUT2D eigenvalue weighted by molar-refractivity contribution is 0.155. The molecular formula is C17H18BrNO2. The van der Waals surface area contributed by atoms with Gasteiger partial charge in [0.2, 0.25) is 0 Å². The van der Waals surface area contributed by atoms with Crippen molar-refractivity contribution in [2.75, 3.05) is 13.1 Å². The van der Waals surface area contributed by atoms with Crippen LogP contribution >= 0.6 is 15.9 Å². The molecule has 1 aliphatic heterocycles. The van der Waals surface area contributed by atoms with Crippen LogP contribution in [0.4, 0.5) is 4.79 Å². The Labute approximate surface area is 133 Å². The van der Waals surface area contributed by atoms with Crippen LogP contribution in [0, 0.1) is 0 Å². The largest absolute Gasteiger partial charge is 0.465 e. The van der Waals surface area contributed by atoms with E-state index in [1.54, 1.807) is 0 Å². The fourth-order valence-electron chi connectivity index (χ4n) is 2.35. The molecule has 0 aliphatic carbocycles. The van der Waals surface area contributed by atoms with Crippen LogP contribution in [0.2, 0.25) is 0 Å². The maximum absolute atomic E-state index is 10.7. The molecule has 1 fully saturated rings. The van der Waals surface area contributed by atoms with Crippen molar-refractivity contribution >= 4 is 22.0 Å². The van der Waals surface area contributed by atoms with Gasteiger partial charge in [-0.25, -0.2) is 4.79 Å². The SMILES string of the molecule is Brc1ccccc1.O=C(O)N1CCC(c2ccccc2)C1. The molecule has 3 rings (SSSR count). The summed E-state index contributed by atoms with van der Waals surface area (Å²) in [5, 5.41) is 8.80. The zero-order valence-electron chi connectivity index (χ0n) is 11.7. The first-order chi connectivity index (χ1) is 10.2. The summed E-state index contributed by atoms with van der Waals surface area (Å²) in [6.07, 6.45) is 0.138. The van der Waals surface area contributed by atoms with E-state index in [1.807, 2.05) is 48.5 Å². The molecule has 0 saturated carbocycles. The van der Waals surface area contributed by atoms with Crippen molar-refractivity contribution in [2.45, 2.75) is 12.3 Å². The normalized spacial score (nSPS) is 17.0. The molecule has 1 unspecified atom stereocenters. The quantitative estimate of drug-likeness (QED) is 0.818. The monoisotopic (exact) mass is 347 g/mol. The Balaban J connectivity index is 0.000000194. The number of benzene rings is 2. The highest BCUT2D eigenvalue weighted by Gasteiger charge is 2.26. The van der Waals surface area contributed by atoms with Crippen molar-refractivity contribution in [3.8, 4) is 0 Å². The van der Waals surface area contributed by atoms with E-state index in [2.05, 4.69) is 28.1 Å². The molecular weight excluding hydrogens is 330 g/mol. The number of carbonyl (C=O) groups is 1. The maximum atomic E-state index is 10.7. The smallest absolute Gasteiger partial charge is 0.407 e. The van der Waals surface area contributed by atoms with Gasteiger partial charge >= 0.3 is 6.09 Å². The average Bonchev–Trinajstić information content (AvgIpc) is 3.00. The number of halogens is 1. The summed E-state index contributed by atoms with van der Waals surface area (Å²) in [5.41, 5.74) is 1.25. The predicted octanol–water partition coefficient (Wildman–Crippen LogP) is 4.60. The van der Waals surface area contributed by atoms with Gasteiger partial charge in [-0.05, 0) is 24.1 Å². The third-order valence-electron chi connectivity index (χ3n) is 3.46. The fraction of sp³-hybridized carbons (Fsp3) is 0.235. The number of nitrogens with zero attached hydrogens (tertiary/aromatic N) is 1. The van der Waals surface area contributed by atoms with Gasteiger partial charge in [0, 0.05) is 23.5 Å². The molecule has 1 atom stereocenters. The summed E-state index contributed by atoms with van der Waals surface area (Å²) in [4.78, 5) is 12.2. The second-order valence-corrected chi connectivity index (χ2v) is 5.84. The van der Waals surface area contributed by atoms with E-state index in [-0.39, 0.29) is 0 Å². The van der Waals surface area contributed by atoms with Gasteiger partial charge in [-0.2, -0.15) is 0 Å². The standard InChI is InChI=1S/C11H13NO2.C6H5Br/c13-11(14)12-7-6-10(8-12)9-4-2-1-3-5-9;7-6-4-2-1-3-5-6/h1-5,10H,6-8H2,(H,13,14);1-5H. The highest BCUT2D eigenvalue weighted by atomic mass is 79.9. The molecule has 0 radical (unpaired) electrons. The molecule has 1 heterocycles. The minimum Gasteiger partial charge on any atom is -0.465 e. The van der Waals surface area contributed by atoms with Crippen LogP contribution < -0.4 is 0 Å². The number of carboxylic acid groups (broad SMARTS) is 1. The lowest BCUT2D eigenvalue weighted by Gasteiger charge is -2.12. The second-order valence-electron chi connectivity index (χ2n) is 4.92. The van der Waals surface area contributed by atoms with E-state index in [0.717, 1.165) is 10.9 Å². The van der Waals surface area contributed by atoms with Crippen LogP contribution in [0.1, 0.15) is 17.9 Å². The molecule has 1 aliphatic rings. The summed E-state index contributed by atoms with van der Waals surface area (Å²) in [5.74, 6) is 0.382. The van der Waals surface area contributed by atoms with Gasteiger partial charge in [-0.15, -0.1) is 0 Å². The molecule has 1 amide bonds. The lowest BCUT2D eigenvalue weighted by atomic mass is 9.99. The Kier molecular flexibility index (Phi) is 5.81. The predicted molar refractivity (Wildman–Crippen MR) is 87.5 cm³/mol. The van der Waals surface area contributed by atoms with Crippen LogP contribution in [0.3, 0.4) is 0 Å². The minimum absolute atomic E-state index is 0.382. The van der Waals surface area contributed by atoms with E-state index < -0.39 is 6.09 Å². The molecule has 1 N–H and O–H groups in total. The van der Waals surface area contributed by atoms with Crippen LogP contribution in [0.5, 0.6) is 0 Å². The Morgan fingerprint density at radius 1 is 1.05 bits per heavy atom. The molecule has 21 heavy (non-hydrogen) atoms. The zero-order valence-corrected chi connectivity index (χ0v) is 13.2. The van der Waals surface area contributed by atoms with Crippen molar-refractivity contribution < 1.29 is 9.90 Å². The van der Waals surface area contributed by atoms with Gasteiger partial charge in [0.25, 0.3) is 0 Å². The van der Waals surface area contributed by atoms with E-state index in [1.165, 1.54) is 10.5 Å². The van der Waals surface area contributed by atoms with Crippen LogP contribution in [-0.4, -0.2) is 29.2 Å². The first kappa shape index (κ1) is 15.6. The number of amides is 1. The first-order valence-electron chi connectivity index (χ1n) is 6.90. The summed E-state index contributed by atoms with van der Waals surface area (Å²) in [6.45, 7) is 1.30. The van der Waals surface area contributed by atoms with E-state index in [0.29, 0.717) is 19.0 Å². The Morgan fingerprint density at radius 2 is 1.62 bits per heavy atom. The Hall–Kier alpha value is -1.81. The van der Waals surface area contributed by atoms with Gasteiger partial charge in [-0.3, -0.25) is 0 Å².